The van der Waals surface area contributed by atoms with E-state index in [2.05, 4.69) is 27.6 Å². The standard InChI is InChI=1S/C19H17N5O/c1-6-15(25-16-8-7-11(2)9-12(16)3)17-22-18-13(4)14(10-20)19(21-5)24(18)23-17/h7-9,15H,4,6H2,1-3H3. The van der Waals surface area contributed by atoms with Gasteiger partial charge in [0.2, 0.25) is 11.5 Å². The van der Waals surface area contributed by atoms with Gasteiger partial charge < -0.3 is 9.58 Å². The Morgan fingerprint density at radius 1 is 1.44 bits per heavy atom. The molecule has 2 heterocycles. The van der Waals surface area contributed by atoms with Gasteiger partial charge in [-0.2, -0.15) is 10.2 Å². The zero-order valence-corrected chi connectivity index (χ0v) is 14.4. The molecule has 0 saturated carbocycles. The van der Waals surface area contributed by atoms with Crippen LogP contribution in [0.5, 0.6) is 5.75 Å². The first-order valence-electron chi connectivity index (χ1n) is 7.92. The lowest BCUT2D eigenvalue weighted by atomic mass is 10.1. The quantitative estimate of drug-likeness (QED) is 0.687. The summed E-state index contributed by atoms with van der Waals surface area (Å²) in [6.45, 7) is 17.2. The summed E-state index contributed by atoms with van der Waals surface area (Å²) < 4.78 is 7.49. The molecule has 0 aliphatic rings. The highest BCUT2D eigenvalue weighted by atomic mass is 16.5. The van der Waals surface area contributed by atoms with Crippen molar-refractivity contribution in [1.82, 2.24) is 14.6 Å². The van der Waals surface area contributed by atoms with Crippen LogP contribution in [-0.2, 0) is 0 Å². The van der Waals surface area contributed by atoms with Gasteiger partial charge in [-0.1, -0.05) is 42.9 Å². The van der Waals surface area contributed by atoms with Gasteiger partial charge in [0, 0.05) is 5.22 Å². The smallest absolute Gasteiger partial charge is 0.275 e. The summed E-state index contributed by atoms with van der Waals surface area (Å²) in [7, 11) is 0. The van der Waals surface area contributed by atoms with Gasteiger partial charge in [-0.05, 0) is 31.9 Å². The molecule has 1 atom stereocenters. The topological polar surface area (TPSA) is 67.6 Å². The SMILES string of the molecule is [C-]#[N+]c1c(C#N)c(=C)c2nc(C(CC)Oc3ccc(C)cc3C)nn12. The van der Waals surface area contributed by atoms with Gasteiger partial charge in [-0.3, -0.25) is 0 Å². The van der Waals surface area contributed by atoms with Crippen molar-refractivity contribution in [3.8, 4) is 11.8 Å². The van der Waals surface area contributed by atoms with Crippen LogP contribution in [0.2, 0.25) is 0 Å². The fraction of sp³-hybridized carbons (Fsp3) is 0.263. The molecule has 0 bridgehead atoms. The number of nitrogens with zero attached hydrogens (tertiary/aromatic N) is 5. The van der Waals surface area contributed by atoms with E-state index in [0.717, 1.165) is 11.3 Å². The maximum absolute atomic E-state index is 9.20. The third-order valence-corrected chi connectivity index (χ3v) is 4.10. The molecule has 124 valence electrons. The third kappa shape index (κ3) is 2.68. The molecular weight excluding hydrogens is 314 g/mol. The minimum atomic E-state index is -0.343. The van der Waals surface area contributed by atoms with Crippen LogP contribution in [0, 0.1) is 31.8 Å². The van der Waals surface area contributed by atoms with Crippen molar-refractivity contribution in [1.29, 1.82) is 5.26 Å². The zero-order chi connectivity index (χ0) is 18.1. The van der Waals surface area contributed by atoms with E-state index in [1.165, 1.54) is 10.1 Å². The Labute approximate surface area is 145 Å². The van der Waals surface area contributed by atoms with Gasteiger partial charge in [0.15, 0.2) is 6.10 Å². The average molecular weight is 331 g/mol. The first-order valence-corrected chi connectivity index (χ1v) is 7.92. The second-order valence-corrected chi connectivity index (χ2v) is 5.89. The van der Waals surface area contributed by atoms with Crippen molar-refractivity contribution in [3.05, 3.63) is 57.3 Å². The highest BCUT2D eigenvalue weighted by molar-refractivity contribution is 5.66. The number of hydrogen-bond acceptors (Lipinski definition) is 4. The molecule has 25 heavy (non-hydrogen) atoms. The van der Waals surface area contributed by atoms with Crippen LogP contribution >= 0.6 is 0 Å². The third-order valence-electron chi connectivity index (χ3n) is 4.10. The lowest BCUT2D eigenvalue weighted by Crippen LogP contribution is -2.10. The normalized spacial score (nSPS) is 11.9. The van der Waals surface area contributed by atoms with Gasteiger partial charge in [-0.15, -0.1) is 4.52 Å². The van der Waals surface area contributed by atoms with Crippen molar-refractivity contribution < 1.29 is 4.74 Å². The minimum Gasteiger partial charge on any atom is -0.482 e. The van der Waals surface area contributed by atoms with Crippen LogP contribution in [0.15, 0.2) is 18.2 Å². The van der Waals surface area contributed by atoms with Crippen molar-refractivity contribution in [2.24, 2.45) is 0 Å². The molecule has 3 rings (SSSR count). The molecule has 6 heteroatoms. The average Bonchev–Trinajstić information content (AvgIpc) is 3.12. The van der Waals surface area contributed by atoms with Crippen molar-refractivity contribution >= 4 is 18.0 Å². The van der Waals surface area contributed by atoms with Gasteiger partial charge >= 0.3 is 0 Å². The van der Waals surface area contributed by atoms with Gasteiger partial charge in [-0.25, -0.2) is 0 Å². The lowest BCUT2D eigenvalue weighted by molar-refractivity contribution is 0.190. The molecule has 1 aromatic carbocycles. The monoisotopic (exact) mass is 331 g/mol. The molecule has 0 fully saturated rings. The zero-order valence-electron chi connectivity index (χ0n) is 14.4. The highest BCUT2D eigenvalue weighted by Gasteiger charge is 2.24. The first-order chi connectivity index (χ1) is 12.0. The highest BCUT2D eigenvalue weighted by Crippen LogP contribution is 2.27. The molecule has 0 N–H and O–H groups in total. The maximum atomic E-state index is 9.20. The molecule has 0 aliphatic heterocycles. The first kappa shape index (κ1) is 16.5. The van der Waals surface area contributed by atoms with Crippen molar-refractivity contribution in [3.63, 3.8) is 0 Å². The number of hydrogen-bond donors (Lipinski definition) is 0. The number of fused-ring (bicyclic) bond motifs is 1. The van der Waals surface area contributed by atoms with E-state index in [1.807, 2.05) is 39.0 Å². The van der Waals surface area contributed by atoms with E-state index in [-0.39, 0.29) is 17.5 Å². The summed E-state index contributed by atoms with van der Waals surface area (Å²) in [4.78, 5) is 7.88. The fourth-order valence-corrected chi connectivity index (χ4v) is 2.78. The Kier molecular flexibility index (Phi) is 4.12. The molecule has 0 spiro atoms. The number of ether oxygens (including phenoxy) is 1. The van der Waals surface area contributed by atoms with Crippen LogP contribution in [-0.4, -0.2) is 14.6 Å². The number of nitriles is 1. The van der Waals surface area contributed by atoms with E-state index in [9.17, 15) is 5.26 Å². The summed E-state index contributed by atoms with van der Waals surface area (Å²) in [6.07, 6.45) is 0.329. The van der Waals surface area contributed by atoms with E-state index in [0.29, 0.717) is 23.1 Å². The summed E-state index contributed by atoms with van der Waals surface area (Å²) in [5, 5.41) is 14.0. The van der Waals surface area contributed by atoms with E-state index >= 15 is 0 Å². The molecule has 1 unspecified atom stereocenters. The predicted octanol–water partition coefficient (Wildman–Crippen LogP) is 3.43. The van der Waals surface area contributed by atoms with Gasteiger partial charge in [0.05, 0.1) is 11.6 Å². The second-order valence-electron chi connectivity index (χ2n) is 5.89. The Hall–Kier alpha value is -3.38. The van der Waals surface area contributed by atoms with Crippen molar-refractivity contribution in [2.45, 2.75) is 33.3 Å². The maximum Gasteiger partial charge on any atom is 0.275 e. The predicted molar refractivity (Wildman–Crippen MR) is 94.3 cm³/mol. The van der Waals surface area contributed by atoms with Crippen LogP contribution in [0.25, 0.3) is 17.1 Å². The number of benzene rings is 1. The summed E-state index contributed by atoms with van der Waals surface area (Å²) in [5.74, 6) is 1.41. The molecule has 3 aromatic rings. The van der Waals surface area contributed by atoms with Gasteiger partial charge in [0.1, 0.15) is 5.75 Å². The number of rotatable bonds is 4. The van der Waals surface area contributed by atoms with E-state index in [1.54, 1.807) is 0 Å². The lowest BCUT2D eigenvalue weighted by Gasteiger charge is -2.16. The Bertz CT molecular complexity index is 1080. The van der Waals surface area contributed by atoms with Crippen LogP contribution < -0.4 is 9.96 Å². The van der Waals surface area contributed by atoms with Gasteiger partial charge in [0.25, 0.3) is 5.82 Å². The van der Waals surface area contributed by atoms with E-state index < -0.39 is 0 Å². The molecular formula is C19H17N5O. The molecule has 0 radical (unpaired) electrons. The number of aromatic nitrogens is 3. The Balaban J connectivity index is 2.04. The number of aryl methyl sites for hydroxylation is 2. The summed E-state index contributed by atoms with van der Waals surface area (Å²) >= 11 is 0. The fourth-order valence-electron chi connectivity index (χ4n) is 2.78. The van der Waals surface area contributed by atoms with Crippen LogP contribution in [0.1, 0.15) is 42.0 Å². The second kappa shape index (κ2) is 6.26. The molecule has 0 saturated heterocycles. The molecule has 2 aromatic heterocycles. The Morgan fingerprint density at radius 2 is 2.20 bits per heavy atom. The summed E-state index contributed by atoms with van der Waals surface area (Å²) in [5.41, 5.74) is 2.87. The minimum absolute atomic E-state index is 0.141. The molecule has 0 amide bonds. The van der Waals surface area contributed by atoms with Crippen molar-refractivity contribution in [2.75, 3.05) is 0 Å². The Morgan fingerprint density at radius 3 is 2.80 bits per heavy atom. The molecule has 0 aliphatic carbocycles. The van der Waals surface area contributed by atoms with Crippen LogP contribution in [0.4, 0.5) is 5.82 Å². The summed E-state index contributed by atoms with van der Waals surface area (Å²) in [6, 6.07) is 7.99. The van der Waals surface area contributed by atoms with Crippen LogP contribution in [0.3, 0.4) is 0 Å². The largest absolute Gasteiger partial charge is 0.482 e. The van der Waals surface area contributed by atoms with E-state index in [4.69, 9.17) is 11.3 Å². The molecule has 6 nitrogen and oxygen atoms in total.